The quantitative estimate of drug-likeness (QED) is 0.748. The molecular weight excluding hydrogens is 212 g/mol. The highest BCUT2D eigenvalue weighted by molar-refractivity contribution is 5.84. The van der Waals surface area contributed by atoms with Crippen LogP contribution in [0.3, 0.4) is 0 Å². The van der Waals surface area contributed by atoms with Gasteiger partial charge in [-0.1, -0.05) is 18.1 Å². The van der Waals surface area contributed by atoms with Gasteiger partial charge in [0.25, 0.3) is 0 Å². The van der Waals surface area contributed by atoms with E-state index in [1.54, 1.807) is 0 Å². The van der Waals surface area contributed by atoms with Crippen LogP contribution in [0.5, 0.6) is 0 Å². The van der Waals surface area contributed by atoms with Crippen molar-refractivity contribution < 1.29 is 4.84 Å². The maximum atomic E-state index is 5.37. The maximum Gasteiger partial charge on any atom is 0.159 e. The van der Waals surface area contributed by atoms with Crippen LogP contribution in [0.4, 0.5) is 0 Å². The summed E-state index contributed by atoms with van der Waals surface area (Å²) in [6, 6.07) is 5.95. The highest BCUT2D eigenvalue weighted by Gasteiger charge is 2.13. The number of hydrogen-bond acceptors (Lipinski definition) is 3. The lowest BCUT2D eigenvalue weighted by Crippen LogP contribution is -2.12. The van der Waals surface area contributed by atoms with Gasteiger partial charge in [-0.05, 0) is 50.7 Å². The Hall–Kier alpha value is -1.38. The number of hydrogen-bond donors (Lipinski definition) is 0. The molecule has 0 aliphatic heterocycles. The normalized spacial score (nSPS) is 20.1. The summed E-state index contributed by atoms with van der Waals surface area (Å²) in [7, 11) is 0. The largest absolute Gasteiger partial charge is 0.389 e. The van der Waals surface area contributed by atoms with E-state index in [0.717, 1.165) is 30.1 Å². The molecule has 0 bridgehead atoms. The van der Waals surface area contributed by atoms with Crippen LogP contribution in [0.15, 0.2) is 23.4 Å². The molecule has 0 N–H and O–H groups in total. The second-order valence-electron chi connectivity index (χ2n) is 4.88. The third kappa shape index (κ3) is 3.84. The maximum absolute atomic E-state index is 5.37. The molecule has 1 aliphatic carbocycles. The number of aryl methyl sites for hydroxylation is 1. The second kappa shape index (κ2) is 5.80. The molecule has 0 spiro atoms. The Morgan fingerprint density at radius 3 is 2.82 bits per heavy atom. The summed E-state index contributed by atoms with van der Waals surface area (Å²) in [5, 5.41) is 4.22. The highest BCUT2D eigenvalue weighted by atomic mass is 16.6. The molecule has 1 heterocycles. The van der Waals surface area contributed by atoms with Crippen LogP contribution >= 0.6 is 0 Å². The Bertz CT molecular complexity index is 391. The molecule has 3 nitrogen and oxygen atoms in total. The Morgan fingerprint density at radius 2 is 2.12 bits per heavy atom. The van der Waals surface area contributed by atoms with Gasteiger partial charge in [-0.15, -0.1) is 0 Å². The third-order valence-electron chi connectivity index (χ3n) is 3.20. The van der Waals surface area contributed by atoms with E-state index in [2.05, 4.69) is 17.1 Å². The number of rotatable bonds is 3. The summed E-state index contributed by atoms with van der Waals surface area (Å²) >= 11 is 0. The summed E-state index contributed by atoms with van der Waals surface area (Å²) in [5.74, 6) is 0.840. The fourth-order valence-electron chi connectivity index (χ4n) is 2.06. The summed E-state index contributed by atoms with van der Waals surface area (Å²) < 4.78 is 0. The van der Waals surface area contributed by atoms with Crippen LogP contribution in [0.1, 0.15) is 44.0 Å². The van der Waals surface area contributed by atoms with Gasteiger partial charge in [-0.25, -0.2) is 0 Å². The molecule has 3 heteroatoms. The summed E-state index contributed by atoms with van der Waals surface area (Å²) in [6.45, 7) is 4.76. The summed E-state index contributed by atoms with van der Waals surface area (Å²) in [6.07, 6.45) is 4.65. The van der Waals surface area contributed by atoms with Crippen molar-refractivity contribution in [1.82, 2.24) is 4.98 Å². The van der Waals surface area contributed by atoms with Gasteiger partial charge in [0.2, 0.25) is 0 Å². The van der Waals surface area contributed by atoms with Crippen molar-refractivity contribution in [1.29, 1.82) is 0 Å². The van der Waals surface area contributed by atoms with Crippen molar-refractivity contribution in [3.63, 3.8) is 0 Å². The van der Waals surface area contributed by atoms with Gasteiger partial charge in [-0.2, -0.15) is 0 Å². The fourth-order valence-corrected chi connectivity index (χ4v) is 2.06. The Kier molecular flexibility index (Phi) is 4.13. The predicted octanol–water partition coefficient (Wildman–Crippen LogP) is 3.47. The van der Waals surface area contributed by atoms with E-state index in [1.807, 2.05) is 25.1 Å². The van der Waals surface area contributed by atoms with Gasteiger partial charge in [0, 0.05) is 5.69 Å². The molecule has 17 heavy (non-hydrogen) atoms. The van der Waals surface area contributed by atoms with Gasteiger partial charge >= 0.3 is 0 Å². The molecule has 0 amide bonds. The third-order valence-corrected chi connectivity index (χ3v) is 3.20. The van der Waals surface area contributed by atoms with E-state index in [1.165, 1.54) is 18.6 Å². The second-order valence-corrected chi connectivity index (χ2v) is 4.88. The molecule has 0 saturated heterocycles. The lowest BCUT2D eigenvalue weighted by atomic mass is 9.90. The van der Waals surface area contributed by atoms with E-state index in [0.29, 0.717) is 6.61 Å². The number of pyridine rings is 1. The first-order valence-corrected chi connectivity index (χ1v) is 6.34. The van der Waals surface area contributed by atoms with Crippen molar-refractivity contribution in [2.45, 2.75) is 46.1 Å². The highest BCUT2D eigenvalue weighted by Crippen LogP contribution is 2.21. The van der Waals surface area contributed by atoms with Crippen molar-refractivity contribution in [2.75, 3.05) is 0 Å². The van der Waals surface area contributed by atoms with E-state index in [9.17, 15) is 0 Å². The van der Waals surface area contributed by atoms with Crippen LogP contribution < -0.4 is 0 Å². The zero-order valence-electron chi connectivity index (χ0n) is 10.6. The molecule has 1 aliphatic rings. The summed E-state index contributed by atoms with van der Waals surface area (Å²) in [5.41, 5.74) is 3.17. The summed E-state index contributed by atoms with van der Waals surface area (Å²) in [4.78, 5) is 9.75. The van der Waals surface area contributed by atoms with E-state index >= 15 is 0 Å². The zero-order valence-corrected chi connectivity index (χ0v) is 10.6. The molecule has 1 aromatic heterocycles. The molecule has 0 radical (unpaired) electrons. The van der Waals surface area contributed by atoms with Crippen LogP contribution in [-0.4, -0.2) is 10.7 Å². The standard InChI is InChI=1S/C14H20N2O/c1-11-6-8-13(9-7-11)16-17-10-14-5-3-4-12(2)15-14/h3-5,11H,6-10H2,1-2H3. The lowest BCUT2D eigenvalue weighted by molar-refractivity contribution is 0.125. The first-order valence-electron chi connectivity index (χ1n) is 6.34. The smallest absolute Gasteiger partial charge is 0.159 e. The SMILES string of the molecule is Cc1cccc(CON=C2CCC(C)CC2)n1. The van der Waals surface area contributed by atoms with E-state index < -0.39 is 0 Å². The predicted molar refractivity (Wildman–Crippen MR) is 68.8 cm³/mol. The van der Waals surface area contributed by atoms with Crippen molar-refractivity contribution >= 4 is 5.71 Å². The van der Waals surface area contributed by atoms with Crippen LogP contribution in [0.25, 0.3) is 0 Å². The van der Waals surface area contributed by atoms with Crippen LogP contribution in [0.2, 0.25) is 0 Å². The van der Waals surface area contributed by atoms with E-state index in [4.69, 9.17) is 4.84 Å². The topological polar surface area (TPSA) is 34.5 Å². The monoisotopic (exact) mass is 232 g/mol. The Morgan fingerprint density at radius 1 is 1.35 bits per heavy atom. The van der Waals surface area contributed by atoms with Gasteiger partial charge < -0.3 is 4.84 Å². The van der Waals surface area contributed by atoms with Gasteiger partial charge in [0.1, 0.15) is 0 Å². The molecule has 1 saturated carbocycles. The molecule has 92 valence electrons. The minimum atomic E-state index is 0.473. The van der Waals surface area contributed by atoms with E-state index in [-0.39, 0.29) is 0 Å². The van der Waals surface area contributed by atoms with Gasteiger partial charge in [0.05, 0.1) is 11.4 Å². The molecular formula is C14H20N2O. The average molecular weight is 232 g/mol. The molecule has 0 atom stereocenters. The zero-order chi connectivity index (χ0) is 12.1. The average Bonchev–Trinajstić information content (AvgIpc) is 2.32. The molecule has 0 aromatic carbocycles. The Labute approximate surface area is 103 Å². The molecule has 2 rings (SSSR count). The van der Waals surface area contributed by atoms with Crippen LogP contribution in [0, 0.1) is 12.8 Å². The number of nitrogens with zero attached hydrogens (tertiary/aromatic N) is 2. The van der Waals surface area contributed by atoms with Crippen molar-refractivity contribution in [3.05, 3.63) is 29.6 Å². The number of oxime groups is 1. The Balaban J connectivity index is 1.81. The minimum Gasteiger partial charge on any atom is -0.389 e. The first-order chi connectivity index (χ1) is 8.24. The molecule has 1 fully saturated rings. The minimum absolute atomic E-state index is 0.473. The van der Waals surface area contributed by atoms with Crippen LogP contribution in [-0.2, 0) is 11.4 Å². The molecule has 1 aromatic rings. The fraction of sp³-hybridized carbons (Fsp3) is 0.571. The van der Waals surface area contributed by atoms with Crippen molar-refractivity contribution in [3.8, 4) is 0 Å². The molecule has 0 unspecified atom stereocenters. The first kappa shape index (κ1) is 12.1. The van der Waals surface area contributed by atoms with Gasteiger partial charge in [0.15, 0.2) is 6.61 Å². The van der Waals surface area contributed by atoms with Gasteiger partial charge in [-0.3, -0.25) is 4.98 Å². The van der Waals surface area contributed by atoms with Crippen molar-refractivity contribution in [2.24, 2.45) is 11.1 Å². The lowest BCUT2D eigenvalue weighted by Gasteiger charge is -2.18. The number of aromatic nitrogens is 1.